The summed E-state index contributed by atoms with van der Waals surface area (Å²) >= 11 is 3.46. The number of ketones is 1. The van der Waals surface area contributed by atoms with Crippen LogP contribution in [-0.2, 0) is 6.54 Å². The van der Waals surface area contributed by atoms with Crippen molar-refractivity contribution in [2.24, 2.45) is 0 Å². The number of Topliss-reactive ketones (excluding diaryl/α,β-unsaturated/α-hetero) is 1. The highest BCUT2D eigenvalue weighted by molar-refractivity contribution is 9.10. The number of anilines is 1. The second-order valence-electron chi connectivity index (χ2n) is 7.10. The molecule has 0 fully saturated rings. The van der Waals surface area contributed by atoms with Crippen molar-refractivity contribution >= 4 is 49.2 Å². The number of pyridine rings is 1. The van der Waals surface area contributed by atoms with E-state index in [1.54, 1.807) is 18.2 Å². The fourth-order valence-corrected chi connectivity index (χ4v) is 4.33. The van der Waals surface area contributed by atoms with Gasteiger partial charge >= 0.3 is 0 Å². The molecule has 0 radical (unpaired) electrons. The third kappa shape index (κ3) is 3.65. The molecule has 0 aliphatic heterocycles. The summed E-state index contributed by atoms with van der Waals surface area (Å²) in [4.78, 5) is 29.4. The van der Waals surface area contributed by atoms with Crippen LogP contribution in [0.25, 0.3) is 21.8 Å². The zero-order valence-corrected chi connectivity index (χ0v) is 18.9. The minimum Gasteiger partial charge on any atom is -0.495 e. The Morgan fingerprint density at radius 1 is 1.03 bits per heavy atom. The Morgan fingerprint density at radius 3 is 2.42 bits per heavy atom. The SMILES string of the molecule is COc1cc(Br)c(OC)c2c(=O)c3c(NCc4ccccc4)ccc(C(C)=O)c3[nH]c12. The number of rotatable bonds is 6. The number of ether oxygens (including phenoxy) is 2. The van der Waals surface area contributed by atoms with Gasteiger partial charge < -0.3 is 19.8 Å². The normalized spacial score (nSPS) is 11.0. The summed E-state index contributed by atoms with van der Waals surface area (Å²) in [5.41, 5.74) is 2.83. The first-order chi connectivity index (χ1) is 15.0. The summed E-state index contributed by atoms with van der Waals surface area (Å²) < 4.78 is 11.6. The minimum atomic E-state index is -0.251. The first-order valence-electron chi connectivity index (χ1n) is 9.68. The van der Waals surface area contributed by atoms with Gasteiger partial charge in [0.2, 0.25) is 5.43 Å². The molecule has 0 spiro atoms. The Labute approximate surface area is 187 Å². The summed E-state index contributed by atoms with van der Waals surface area (Å²) in [5.74, 6) is 0.734. The van der Waals surface area contributed by atoms with E-state index in [0.29, 0.717) is 55.6 Å². The largest absolute Gasteiger partial charge is 0.495 e. The van der Waals surface area contributed by atoms with Gasteiger partial charge in [-0.1, -0.05) is 30.3 Å². The highest BCUT2D eigenvalue weighted by Gasteiger charge is 2.21. The number of benzene rings is 3. The van der Waals surface area contributed by atoms with Crippen molar-refractivity contribution in [2.75, 3.05) is 19.5 Å². The molecule has 0 saturated carbocycles. The van der Waals surface area contributed by atoms with E-state index in [-0.39, 0.29) is 11.2 Å². The van der Waals surface area contributed by atoms with Gasteiger partial charge in [-0.15, -0.1) is 0 Å². The van der Waals surface area contributed by atoms with Crippen LogP contribution in [0.5, 0.6) is 11.5 Å². The molecule has 0 atom stereocenters. The second kappa shape index (κ2) is 8.43. The van der Waals surface area contributed by atoms with Crippen LogP contribution in [-0.4, -0.2) is 25.0 Å². The molecule has 1 aromatic heterocycles. The lowest BCUT2D eigenvalue weighted by atomic mass is 10.0. The van der Waals surface area contributed by atoms with Gasteiger partial charge in [-0.2, -0.15) is 0 Å². The van der Waals surface area contributed by atoms with Crippen molar-refractivity contribution in [1.82, 2.24) is 4.98 Å². The molecule has 0 unspecified atom stereocenters. The molecule has 3 aromatic carbocycles. The fraction of sp³-hybridized carbons (Fsp3) is 0.167. The smallest absolute Gasteiger partial charge is 0.203 e. The van der Waals surface area contributed by atoms with Crippen molar-refractivity contribution < 1.29 is 14.3 Å². The van der Waals surface area contributed by atoms with Gasteiger partial charge in [0.05, 0.1) is 40.5 Å². The van der Waals surface area contributed by atoms with Crippen molar-refractivity contribution in [3.63, 3.8) is 0 Å². The van der Waals surface area contributed by atoms with Gasteiger partial charge in [0.15, 0.2) is 5.78 Å². The summed E-state index contributed by atoms with van der Waals surface area (Å²) in [6, 6.07) is 15.1. The van der Waals surface area contributed by atoms with Crippen molar-refractivity contribution in [1.29, 1.82) is 0 Å². The molecular weight excluding hydrogens is 460 g/mol. The lowest BCUT2D eigenvalue weighted by Gasteiger charge is -2.16. The van der Waals surface area contributed by atoms with E-state index in [1.807, 2.05) is 30.3 Å². The van der Waals surface area contributed by atoms with Crippen molar-refractivity contribution in [2.45, 2.75) is 13.5 Å². The average molecular weight is 481 g/mol. The zero-order valence-electron chi connectivity index (χ0n) is 17.3. The molecule has 0 aliphatic rings. The third-order valence-corrected chi connectivity index (χ3v) is 5.83. The first-order valence-corrected chi connectivity index (χ1v) is 10.5. The third-order valence-electron chi connectivity index (χ3n) is 5.24. The molecule has 2 N–H and O–H groups in total. The van der Waals surface area contributed by atoms with Gasteiger partial charge in [-0.05, 0) is 40.5 Å². The lowest BCUT2D eigenvalue weighted by molar-refractivity contribution is 0.101. The van der Waals surface area contributed by atoms with Gasteiger partial charge in [0, 0.05) is 23.9 Å². The highest BCUT2D eigenvalue weighted by Crippen LogP contribution is 2.39. The van der Waals surface area contributed by atoms with Gasteiger partial charge in [0.25, 0.3) is 0 Å². The highest BCUT2D eigenvalue weighted by atomic mass is 79.9. The number of aromatic nitrogens is 1. The van der Waals surface area contributed by atoms with Gasteiger partial charge in [-0.25, -0.2) is 0 Å². The predicted molar refractivity (Wildman–Crippen MR) is 127 cm³/mol. The molecular formula is C24H21BrN2O4. The van der Waals surface area contributed by atoms with Crippen LogP contribution in [0, 0.1) is 0 Å². The second-order valence-corrected chi connectivity index (χ2v) is 7.96. The number of fused-ring (bicyclic) bond motifs is 2. The molecule has 4 aromatic rings. The number of carbonyl (C=O) groups excluding carboxylic acids is 1. The quantitative estimate of drug-likeness (QED) is 0.290. The van der Waals surface area contributed by atoms with Crippen LogP contribution in [0.1, 0.15) is 22.8 Å². The predicted octanol–water partition coefficient (Wildman–Crippen LogP) is 5.28. The number of hydrogen-bond donors (Lipinski definition) is 2. The number of methoxy groups -OCH3 is 2. The van der Waals surface area contributed by atoms with E-state index in [4.69, 9.17) is 9.47 Å². The van der Waals surface area contributed by atoms with Crippen LogP contribution in [0.15, 0.2) is 57.8 Å². The van der Waals surface area contributed by atoms with Gasteiger partial charge in [-0.3, -0.25) is 9.59 Å². The number of aromatic amines is 1. The Hall–Kier alpha value is -3.32. The van der Waals surface area contributed by atoms with Crippen molar-refractivity contribution in [3.8, 4) is 11.5 Å². The first kappa shape index (κ1) is 20.9. The van der Waals surface area contributed by atoms with Crippen LogP contribution >= 0.6 is 15.9 Å². The van der Waals surface area contributed by atoms with Crippen LogP contribution < -0.4 is 20.2 Å². The Morgan fingerprint density at radius 2 is 1.77 bits per heavy atom. The molecule has 6 nitrogen and oxygen atoms in total. The number of carbonyl (C=O) groups is 1. The molecule has 7 heteroatoms. The Kier molecular flexibility index (Phi) is 5.69. The van der Waals surface area contributed by atoms with Crippen molar-refractivity contribution in [3.05, 3.63) is 74.4 Å². The minimum absolute atomic E-state index is 0.141. The Balaban J connectivity index is 2.05. The summed E-state index contributed by atoms with van der Waals surface area (Å²) in [5, 5.41) is 4.09. The zero-order chi connectivity index (χ0) is 22.1. The van der Waals surface area contributed by atoms with E-state index in [1.165, 1.54) is 21.1 Å². The summed E-state index contributed by atoms with van der Waals surface area (Å²) in [7, 11) is 3.04. The van der Waals surface area contributed by atoms with Crippen LogP contribution in [0.4, 0.5) is 5.69 Å². The molecule has 0 amide bonds. The maximum Gasteiger partial charge on any atom is 0.203 e. The van der Waals surface area contributed by atoms with Gasteiger partial charge in [0.1, 0.15) is 11.5 Å². The number of H-pyrrole nitrogens is 1. The maximum atomic E-state index is 13.8. The number of hydrogen-bond acceptors (Lipinski definition) is 5. The monoisotopic (exact) mass is 480 g/mol. The molecule has 4 rings (SSSR count). The fourth-order valence-electron chi connectivity index (χ4n) is 3.76. The van der Waals surface area contributed by atoms with Crippen LogP contribution in [0.3, 0.4) is 0 Å². The standard InChI is InChI=1S/C24H21BrN2O4/c1-13(28)15-9-10-17(26-12-14-7-5-4-6-8-14)19-21(15)27-22-18(30-2)11-16(25)24(31-3)20(22)23(19)29/h4-11,26H,12H2,1-3H3,(H,27,29). The Bertz CT molecular complexity index is 1360. The topological polar surface area (TPSA) is 80.4 Å². The van der Waals surface area contributed by atoms with Crippen LogP contribution in [0.2, 0.25) is 0 Å². The molecule has 0 aliphatic carbocycles. The molecule has 31 heavy (non-hydrogen) atoms. The summed E-state index contributed by atoms with van der Waals surface area (Å²) in [6.45, 7) is 2.01. The summed E-state index contributed by atoms with van der Waals surface area (Å²) in [6.07, 6.45) is 0. The number of nitrogens with one attached hydrogen (secondary N) is 2. The van der Waals surface area contributed by atoms with E-state index in [0.717, 1.165) is 5.56 Å². The van der Waals surface area contributed by atoms with E-state index in [2.05, 4.69) is 26.2 Å². The van der Waals surface area contributed by atoms with E-state index in [9.17, 15) is 9.59 Å². The van der Waals surface area contributed by atoms with E-state index >= 15 is 0 Å². The molecule has 158 valence electrons. The molecule has 1 heterocycles. The number of halogens is 1. The average Bonchev–Trinajstić information content (AvgIpc) is 2.77. The lowest BCUT2D eigenvalue weighted by Crippen LogP contribution is -2.12. The molecule has 0 bridgehead atoms. The maximum absolute atomic E-state index is 13.8. The molecule has 0 saturated heterocycles. The van der Waals surface area contributed by atoms with E-state index < -0.39 is 0 Å².